The molecule has 102 valence electrons. The van der Waals surface area contributed by atoms with Gasteiger partial charge >= 0.3 is 5.97 Å². The third-order valence-electron chi connectivity index (χ3n) is 2.92. The zero-order valence-electron chi connectivity index (χ0n) is 10.1. The Hall–Kier alpha value is -2.12. The molecule has 1 aromatic carbocycles. The number of carboxylic acid groups (broad SMARTS) is 1. The second kappa shape index (κ2) is 4.46. The van der Waals surface area contributed by atoms with Gasteiger partial charge in [-0.25, -0.2) is 17.2 Å². The molecule has 2 aromatic heterocycles. The molecule has 0 aliphatic rings. The Morgan fingerprint density at radius 1 is 1.15 bits per heavy atom. The number of carboxylic acids is 1. The van der Waals surface area contributed by atoms with Gasteiger partial charge < -0.3 is 5.11 Å². The molecule has 2 heterocycles. The summed E-state index contributed by atoms with van der Waals surface area (Å²) >= 11 is 0.895. The lowest BCUT2D eigenvalue weighted by molar-refractivity contribution is 0.0698. The SMILES string of the molecule is O=C(O)c1sccc1S(=O)(=O)n1ccc2ccccc21. The second-order valence-corrected chi connectivity index (χ2v) is 6.79. The summed E-state index contributed by atoms with van der Waals surface area (Å²) in [6, 6.07) is 10.0. The number of para-hydroxylation sites is 1. The van der Waals surface area contributed by atoms with E-state index in [1.165, 1.54) is 17.6 Å². The van der Waals surface area contributed by atoms with Crippen molar-refractivity contribution in [2.24, 2.45) is 0 Å². The summed E-state index contributed by atoms with van der Waals surface area (Å²) < 4.78 is 26.3. The molecular weight excluding hydrogens is 298 g/mol. The summed E-state index contributed by atoms with van der Waals surface area (Å²) in [5, 5.41) is 11.3. The first-order valence-corrected chi connectivity index (χ1v) is 7.96. The predicted octanol–water partition coefficient (Wildman–Crippen LogP) is 2.64. The van der Waals surface area contributed by atoms with Crippen LogP contribution in [0.25, 0.3) is 10.9 Å². The Bertz CT molecular complexity index is 905. The molecule has 0 spiro atoms. The van der Waals surface area contributed by atoms with Crippen molar-refractivity contribution in [2.75, 3.05) is 0 Å². The van der Waals surface area contributed by atoms with Crippen LogP contribution < -0.4 is 0 Å². The smallest absolute Gasteiger partial charge is 0.347 e. The molecule has 0 unspecified atom stereocenters. The molecule has 3 aromatic rings. The highest BCUT2D eigenvalue weighted by Gasteiger charge is 2.26. The molecule has 20 heavy (non-hydrogen) atoms. The van der Waals surface area contributed by atoms with Crippen molar-refractivity contribution in [2.45, 2.75) is 4.90 Å². The summed E-state index contributed by atoms with van der Waals surface area (Å²) in [6.45, 7) is 0. The quantitative estimate of drug-likeness (QED) is 0.807. The fourth-order valence-electron chi connectivity index (χ4n) is 2.03. The Labute approximate surface area is 118 Å². The lowest BCUT2D eigenvalue weighted by Crippen LogP contribution is -2.14. The average Bonchev–Trinajstić information content (AvgIpc) is 3.06. The topological polar surface area (TPSA) is 76.4 Å². The van der Waals surface area contributed by atoms with Crippen LogP contribution in [0.2, 0.25) is 0 Å². The van der Waals surface area contributed by atoms with Gasteiger partial charge in [0.2, 0.25) is 0 Å². The van der Waals surface area contributed by atoms with Crippen LogP contribution in [0.4, 0.5) is 0 Å². The third kappa shape index (κ3) is 1.83. The number of nitrogens with zero attached hydrogens (tertiary/aromatic N) is 1. The minimum absolute atomic E-state index is 0.178. The van der Waals surface area contributed by atoms with E-state index in [4.69, 9.17) is 5.11 Å². The highest BCUT2D eigenvalue weighted by atomic mass is 32.2. The number of benzene rings is 1. The van der Waals surface area contributed by atoms with Crippen LogP contribution in [-0.2, 0) is 10.0 Å². The maximum atomic E-state index is 12.6. The van der Waals surface area contributed by atoms with Crippen molar-refractivity contribution in [3.8, 4) is 0 Å². The van der Waals surface area contributed by atoms with Gasteiger partial charge in [0.25, 0.3) is 10.0 Å². The van der Waals surface area contributed by atoms with E-state index in [-0.39, 0.29) is 9.77 Å². The molecule has 0 aliphatic carbocycles. The van der Waals surface area contributed by atoms with Crippen molar-refractivity contribution in [3.63, 3.8) is 0 Å². The Morgan fingerprint density at radius 3 is 2.65 bits per heavy atom. The van der Waals surface area contributed by atoms with Crippen molar-refractivity contribution >= 4 is 38.2 Å². The Balaban J connectivity index is 2.27. The van der Waals surface area contributed by atoms with Gasteiger partial charge in [-0.3, -0.25) is 0 Å². The third-order valence-corrected chi connectivity index (χ3v) is 5.69. The zero-order valence-corrected chi connectivity index (χ0v) is 11.7. The van der Waals surface area contributed by atoms with Crippen LogP contribution in [-0.4, -0.2) is 23.5 Å². The standard InChI is InChI=1S/C13H9NO4S2/c15-13(16)12-11(6-8-19-12)20(17,18)14-7-5-9-3-1-2-4-10(9)14/h1-8H,(H,15,16). The highest BCUT2D eigenvalue weighted by Crippen LogP contribution is 2.27. The molecule has 0 atom stereocenters. The van der Waals surface area contributed by atoms with Crippen LogP contribution in [0.1, 0.15) is 9.67 Å². The Kier molecular flexibility index (Phi) is 2.88. The predicted molar refractivity (Wildman–Crippen MR) is 75.8 cm³/mol. The number of fused-ring (bicyclic) bond motifs is 1. The largest absolute Gasteiger partial charge is 0.477 e. The van der Waals surface area contributed by atoms with E-state index in [1.54, 1.807) is 24.3 Å². The van der Waals surface area contributed by atoms with Gasteiger partial charge in [0.05, 0.1) is 5.52 Å². The number of carbonyl (C=O) groups is 1. The molecular formula is C13H9NO4S2. The summed E-state index contributed by atoms with van der Waals surface area (Å²) in [5.74, 6) is -1.24. The van der Waals surface area contributed by atoms with Crippen LogP contribution in [0.15, 0.2) is 52.9 Å². The van der Waals surface area contributed by atoms with Crippen LogP contribution >= 0.6 is 11.3 Å². The fraction of sp³-hybridized carbons (Fsp3) is 0. The minimum atomic E-state index is -3.91. The van der Waals surface area contributed by atoms with Crippen molar-refractivity contribution in [1.29, 1.82) is 0 Å². The number of rotatable bonds is 3. The van der Waals surface area contributed by atoms with Crippen LogP contribution in [0.3, 0.4) is 0 Å². The molecule has 1 N–H and O–H groups in total. The number of aromatic nitrogens is 1. The van der Waals surface area contributed by atoms with E-state index in [0.717, 1.165) is 20.7 Å². The van der Waals surface area contributed by atoms with Gasteiger partial charge in [-0.05, 0) is 23.6 Å². The molecule has 0 aliphatic heterocycles. The molecule has 0 saturated carbocycles. The molecule has 0 radical (unpaired) electrons. The first-order chi connectivity index (χ1) is 9.51. The van der Waals surface area contributed by atoms with E-state index in [0.29, 0.717) is 5.52 Å². The van der Waals surface area contributed by atoms with E-state index >= 15 is 0 Å². The molecule has 0 saturated heterocycles. The minimum Gasteiger partial charge on any atom is -0.477 e. The van der Waals surface area contributed by atoms with Crippen molar-refractivity contribution in [3.05, 3.63) is 52.9 Å². The van der Waals surface area contributed by atoms with Gasteiger partial charge in [0, 0.05) is 11.6 Å². The van der Waals surface area contributed by atoms with Gasteiger partial charge in [0.15, 0.2) is 0 Å². The number of hydrogen-bond acceptors (Lipinski definition) is 4. The highest BCUT2D eigenvalue weighted by molar-refractivity contribution is 7.90. The number of thiophene rings is 1. The number of aromatic carboxylic acids is 1. The molecule has 0 bridgehead atoms. The summed E-state index contributed by atoms with van der Waals surface area (Å²) in [7, 11) is -3.91. The average molecular weight is 307 g/mol. The molecule has 0 fully saturated rings. The van der Waals surface area contributed by atoms with Crippen LogP contribution in [0, 0.1) is 0 Å². The second-order valence-electron chi connectivity index (χ2n) is 4.09. The van der Waals surface area contributed by atoms with E-state index < -0.39 is 16.0 Å². The lowest BCUT2D eigenvalue weighted by Gasteiger charge is -2.06. The normalized spacial score (nSPS) is 11.8. The molecule has 0 amide bonds. The maximum absolute atomic E-state index is 12.6. The van der Waals surface area contributed by atoms with Crippen molar-refractivity contribution < 1.29 is 18.3 Å². The van der Waals surface area contributed by atoms with Gasteiger partial charge in [0.1, 0.15) is 9.77 Å². The molecule has 5 nitrogen and oxygen atoms in total. The van der Waals surface area contributed by atoms with Gasteiger partial charge in [-0.1, -0.05) is 18.2 Å². The maximum Gasteiger partial charge on any atom is 0.347 e. The zero-order chi connectivity index (χ0) is 14.3. The summed E-state index contributed by atoms with van der Waals surface area (Å²) in [5.41, 5.74) is 0.523. The van der Waals surface area contributed by atoms with E-state index in [1.807, 2.05) is 6.07 Å². The first-order valence-electron chi connectivity index (χ1n) is 5.64. The summed E-state index contributed by atoms with van der Waals surface area (Å²) in [6.07, 6.45) is 1.43. The monoisotopic (exact) mass is 307 g/mol. The number of hydrogen-bond donors (Lipinski definition) is 1. The first kappa shape index (κ1) is 12.9. The van der Waals surface area contributed by atoms with Gasteiger partial charge in [-0.2, -0.15) is 0 Å². The van der Waals surface area contributed by atoms with Crippen LogP contribution in [0.5, 0.6) is 0 Å². The Morgan fingerprint density at radius 2 is 1.90 bits per heavy atom. The fourth-order valence-corrected chi connectivity index (χ4v) is 4.62. The van der Waals surface area contributed by atoms with Gasteiger partial charge in [-0.15, -0.1) is 11.3 Å². The lowest BCUT2D eigenvalue weighted by atomic mass is 10.3. The molecule has 7 heteroatoms. The molecule has 3 rings (SSSR count). The van der Waals surface area contributed by atoms with E-state index in [9.17, 15) is 13.2 Å². The summed E-state index contributed by atoms with van der Waals surface area (Å²) in [4.78, 5) is 10.7. The van der Waals surface area contributed by atoms with Crippen molar-refractivity contribution in [1.82, 2.24) is 3.97 Å². The van der Waals surface area contributed by atoms with E-state index in [2.05, 4.69) is 0 Å².